The van der Waals surface area contributed by atoms with Gasteiger partial charge in [0, 0.05) is 33.5 Å². The van der Waals surface area contributed by atoms with E-state index in [1.165, 1.54) is 0 Å². The molecule has 0 saturated carbocycles. The smallest absolute Gasteiger partial charge is 0.282 e. The average molecular weight is 286 g/mol. The number of carbonyl (C=O) groups is 1. The zero-order chi connectivity index (χ0) is 14.8. The van der Waals surface area contributed by atoms with E-state index in [1.807, 2.05) is 48.5 Å². The Labute approximate surface area is 125 Å². The maximum atomic E-state index is 12.8. The summed E-state index contributed by atoms with van der Waals surface area (Å²) in [4.78, 5) is 12.8. The Hall–Kier alpha value is -3.07. The lowest BCUT2D eigenvalue weighted by atomic mass is 9.81. The Balaban J connectivity index is 2.14. The van der Waals surface area contributed by atoms with Gasteiger partial charge in [-0.05, 0) is 17.0 Å². The summed E-state index contributed by atoms with van der Waals surface area (Å²) in [7, 11) is 0. The molecule has 0 bridgehead atoms. The number of furan rings is 1. The molecule has 104 valence electrons. The fourth-order valence-corrected chi connectivity index (χ4v) is 3.45. The van der Waals surface area contributed by atoms with Gasteiger partial charge in [0.25, 0.3) is 5.95 Å². The average Bonchev–Trinajstić information content (AvgIpc) is 2.90. The Morgan fingerprint density at radius 1 is 0.864 bits per heavy atom. The molecule has 1 aliphatic rings. The molecule has 0 fully saturated rings. The summed E-state index contributed by atoms with van der Waals surface area (Å²) in [5.74, 6) is -0.0711. The van der Waals surface area contributed by atoms with E-state index in [9.17, 15) is 9.90 Å². The van der Waals surface area contributed by atoms with Crippen molar-refractivity contribution in [3.05, 3.63) is 65.7 Å². The monoisotopic (exact) mass is 286 g/mol. The molecule has 1 N–H and O–H groups in total. The minimum atomic E-state index is -0.113. The quantitative estimate of drug-likeness (QED) is 0.456. The molecule has 3 heteroatoms. The van der Waals surface area contributed by atoms with E-state index in [4.69, 9.17) is 4.42 Å². The van der Waals surface area contributed by atoms with Crippen LogP contribution in [0.3, 0.4) is 0 Å². The van der Waals surface area contributed by atoms with Gasteiger partial charge in [-0.2, -0.15) is 0 Å². The van der Waals surface area contributed by atoms with Gasteiger partial charge in [-0.1, -0.05) is 42.5 Å². The lowest BCUT2D eigenvalue weighted by Crippen LogP contribution is -2.09. The number of benzene rings is 3. The van der Waals surface area contributed by atoms with E-state index >= 15 is 0 Å². The summed E-state index contributed by atoms with van der Waals surface area (Å²) in [5, 5.41) is 12.4. The standard InChI is InChI=1S/C19H10O3/c20-16-9-14-15(22-16)8-10-4-3-7-13-17(10)18(14)11-5-1-2-6-12(11)19(13)21/h1-9,20H. The topological polar surface area (TPSA) is 50.4 Å². The van der Waals surface area contributed by atoms with Gasteiger partial charge in [0.15, 0.2) is 5.78 Å². The fourth-order valence-electron chi connectivity index (χ4n) is 3.45. The Morgan fingerprint density at radius 2 is 1.64 bits per heavy atom. The number of rotatable bonds is 0. The molecule has 3 nitrogen and oxygen atoms in total. The zero-order valence-electron chi connectivity index (χ0n) is 11.5. The summed E-state index contributed by atoms with van der Waals surface area (Å²) in [6.45, 7) is 0. The number of carbonyl (C=O) groups excluding carboxylic acids is 1. The van der Waals surface area contributed by atoms with Gasteiger partial charge in [0.05, 0.1) is 0 Å². The fraction of sp³-hybridized carbons (Fsp3) is 0. The molecule has 22 heavy (non-hydrogen) atoms. The van der Waals surface area contributed by atoms with Crippen molar-refractivity contribution in [2.45, 2.75) is 0 Å². The minimum Gasteiger partial charge on any atom is -0.481 e. The lowest BCUT2D eigenvalue weighted by molar-refractivity contribution is 0.104. The van der Waals surface area contributed by atoms with E-state index in [0.717, 1.165) is 27.3 Å². The molecule has 0 atom stereocenters. The van der Waals surface area contributed by atoms with Crippen LogP contribution < -0.4 is 0 Å². The van der Waals surface area contributed by atoms with Crippen molar-refractivity contribution >= 4 is 27.5 Å². The highest BCUT2D eigenvalue weighted by atomic mass is 16.5. The SMILES string of the molecule is O=C1c2ccccc2-c2c3cc(O)oc3cc3cccc1c23. The Morgan fingerprint density at radius 3 is 2.50 bits per heavy atom. The van der Waals surface area contributed by atoms with E-state index in [1.54, 1.807) is 6.07 Å². The summed E-state index contributed by atoms with van der Waals surface area (Å²) < 4.78 is 5.39. The molecule has 4 aromatic rings. The molecule has 0 unspecified atom stereocenters. The second-order valence-electron chi connectivity index (χ2n) is 5.53. The number of hydrogen-bond acceptors (Lipinski definition) is 3. The largest absolute Gasteiger partial charge is 0.481 e. The number of hydrogen-bond donors (Lipinski definition) is 1. The number of ketones is 1. The van der Waals surface area contributed by atoms with E-state index in [0.29, 0.717) is 16.7 Å². The van der Waals surface area contributed by atoms with Crippen LogP contribution in [0, 0.1) is 0 Å². The van der Waals surface area contributed by atoms with E-state index in [2.05, 4.69) is 0 Å². The maximum absolute atomic E-state index is 12.8. The molecule has 5 rings (SSSR count). The Kier molecular flexibility index (Phi) is 1.98. The minimum absolute atomic E-state index is 0.0424. The highest BCUT2D eigenvalue weighted by molar-refractivity contribution is 6.29. The second-order valence-corrected chi connectivity index (χ2v) is 5.53. The van der Waals surface area contributed by atoms with Crippen LogP contribution in [0.4, 0.5) is 0 Å². The third-order valence-electron chi connectivity index (χ3n) is 4.34. The first-order chi connectivity index (χ1) is 10.7. The first-order valence-electron chi connectivity index (χ1n) is 7.06. The van der Waals surface area contributed by atoms with Crippen LogP contribution in [0.5, 0.6) is 5.95 Å². The molecule has 0 radical (unpaired) electrons. The molecule has 0 saturated heterocycles. The molecular weight excluding hydrogens is 276 g/mol. The normalized spacial score (nSPS) is 12.8. The highest BCUT2D eigenvalue weighted by Gasteiger charge is 2.27. The molecule has 0 amide bonds. The summed E-state index contributed by atoms with van der Waals surface area (Å²) >= 11 is 0. The lowest BCUT2D eigenvalue weighted by Gasteiger charge is -2.20. The molecular formula is C19H10O3. The van der Waals surface area contributed by atoms with E-state index < -0.39 is 0 Å². The molecule has 3 aromatic carbocycles. The van der Waals surface area contributed by atoms with Crippen LogP contribution >= 0.6 is 0 Å². The zero-order valence-corrected chi connectivity index (χ0v) is 11.5. The molecule has 1 heterocycles. The Bertz CT molecular complexity index is 1100. The van der Waals surface area contributed by atoms with Crippen molar-refractivity contribution in [1.29, 1.82) is 0 Å². The maximum Gasteiger partial charge on any atom is 0.282 e. The van der Waals surface area contributed by atoms with Gasteiger partial charge in [-0.25, -0.2) is 0 Å². The van der Waals surface area contributed by atoms with Gasteiger partial charge < -0.3 is 9.52 Å². The molecule has 1 aromatic heterocycles. The first kappa shape index (κ1) is 11.6. The summed E-state index contributed by atoms with van der Waals surface area (Å²) in [6, 6.07) is 16.8. The molecule has 0 spiro atoms. The van der Waals surface area contributed by atoms with Crippen LogP contribution in [0.2, 0.25) is 0 Å². The van der Waals surface area contributed by atoms with Crippen LogP contribution in [0.15, 0.2) is 59.0 Å². The van der Waals surface area contributed by atoms with Gasteiger partial charge in [-0.15, -0.1) is 0 Å². The highest BCUT2D eigenvalue weighted by Crippen LogP contribution is 2.45. The molecule has 0 aliphatic heterocycles. The predicted molar refractivity (Wildman–Crippen MR) is 84.3 cm³/mol. The first-order valence-corrected chi connectivity index (χ1v) is 7.06. The van der Waals surface area contributed by atoms with Gasteiger partial charge in [-0.3, -0.25) is 4.79 Å². The van der Waals surface area contributed by atoms with Crippen molar-refractivity contribution < 1.29 is 14.3 Å². The van der Waals surface area contributed by atoms with Crippen LogP contribution in [0.25, 0.3) is 32.9 Å². The van der Waals surface area contributed by atoms with Crippen molar-refractivity contribution in [1.82, 2.24) is 0 Å². The second kappa shape index (κ2) is 3.77. The van der Waals surface area contributed by atoms with Crippen LogP contribution in [0.1, 0.15) is 15.9 Å². The summed E-state index contributed by atoms with van der Waals surface area (Å²) in [6.07, 6.45) is 0. The van der Waals surface area contributed by atoms with E-state index in [-0.39, 0.29) is 11.7 Å². The predicted octanol–water partition coefficient (Wildman–Crippen LogP) is 4.50. The van der Waals surface area contributed by atoms with Gasteiger partial charge >= 0.3 is 0 Å². The van der Waals surface area contributed by atoms with Crippen LogP contribution in [-0.2, 0) is 0 Å². The molecule has 1 aliphatic carbocycles. The van der Waals surface area contributed by atoms with Crippen molar-refractivity contribution in [3.8, 4) is 17.1 Å². The summed E-state index contributed by atoms with van der Waals surface area (Å²) in [5.41, 5.74) is 3.87. The number of aromatic hydroxyl groups is 1. The van der Waals surface area contributed by atoms with Crippen molar-refractivity contribution in [3.63, 3.8) is 0 Å². The van der Waals surface area contributed by atoms with Crippen molar-refractivity contribution in [2.75, 3.05) is 0 Å². The third kappa shape index (κ3) is 1.28. The van der Waals surface area contributed by atoms with Crippen LogP contribution in [-0.4, -0.2) is 10.9 Å². The van der Waals surface area contributed by atoms with Gasteiger partial charge in [0.2, 0.25) is 0 Å². The van der Waals surface area contributed by atoms with Crippen molar-refractivity contribution in [2.24, 2.45) is 0 Å². The number of fused-ring (bicyclic) bond motifs is 4. The van der Waals surface area contributed by atoms with Gasteiger partial charge in [0.1, 0.15) is 5.58 Å². The third-order valence-corrected chi connectivity index (χ3v) is 4.34.